The molecule has 3 nitrogen and oxygen atoms in total. The highest BCUT2D eigenvalue weighted by atomic mass is 28.4. The monoisotopic (exact) mass is 467 g/mol. The van der Waals surface area contributed by atoms with E-state index in [0.29, 0.717) is 11.8 Å². The molecule has 2 rings (SSSR count). The van der Waals surface area contributed by atoms with Crippen LogP contribution in [-0.2, 0) is 9.22 Å². The largest absolute Gasteiger partial charge is 0.407 e. The van der Waals surface area contributed by atoms with Gasteiger partial charge in [-0.15, -0.1) is 0 Å². The summed E-state index contributed by atoms with van der Waals surface area (Å²) < 4.78 is 7.09. The van der Waals surface area contributed by atoms with Gasteiger partial charge in [0.15, 0.2) is 0 Å². The summed E-state index contributed by atoms with van der Waals surface area (Å²) in [7, 11) is -2.48. The topological polar surface area (TPSA) is 38.3 Å². The Morgan fingerprint density at radius 3 is 1.88 bits per heavy atom. The Morgan fingerprint density at radius 2 is 1.42 bits per heavy atom. The van der Waals surface area contributed by atoms with Crippen LogP contribution in [0.4, 0.5) is 0 Å². The van der Waals surface area contributed by atoms with Gasteiger partial charge >= 0.3 is 0 Å². The summed E-state index contributed by atoms with van der Waals surface area (Å²) in [4.78, 5) is 12.0. The maximum atomic E-state index is 12.0. The molecule has 2 aromatic carbocycles. The van der Waals surface area contributed by atoms with Crippen molar-refractivity contribution in [1.82, 2.24) is 5.32 Å². The third kappa shape index (κ3) is 7.28. The smallest absolute Gasteiger partial charge is 0.261 e. The molecule has 0 unspecified atom stereocenters. The number of nitrogens with one attached hydrogen (secondary N) is 1. The fourth-order valence-corrected chi connectivity index (χ4v) is 9.39. The Bertz CT molecular complexity index is 792. The van der Waals surface area contributed by atoms with Crippen LogP contribution in [0.2, 0.25) is 5.04 Å². The van der Waals surface area contributed by atoms with Crippen molar-refractivity contribution in [3.05, 3.63) is 60.7 Å². The first-order valence-corrected chi connectivity index (χ1v) is 14.5. The predicted octanol–water partition coefficient (Wildman–Crippen LogP) is 5.78. The Labute approximate surface area is 203 Å². The van der Waals surface area contributed by atoms with Crippen LogP contribution in [0.5, 0.6) is 0 Å². The van der Waals surface area contributed by atoms with Crippen LogP contribution in [0.25, 0.3) is 0 Å². The lowest BCUT2D eigenvalue weighted by Gasteiger charge is -2.43. The molecule has 33 heavy (non-hydrogen) atoms. The Balaban J connectivity index is 2.09. The summed E-state index contributed by atoms with van der Waals surface area (Å²) in [6, 6.07) is 21.7. The molecule has 0 aromatic heterocycles. The highest BCUT2D eigenvalue weighted by molar-refractivity contribution is 6.99. The van der Waals surface area contributed by atoms with Gasteiger partial charge in [0, 0.05) is 19.1 Å². The molecule has 0 aliphatic heterocycles. The number of carbonyl (C=O) groups is 1. The average Bonchev–Trinajstić information content (AvgIpc) is 2.79. The molecule has 2 aromatic rings. The van der Waals surface area contributed by atoms with Crippen molar-refractivity contribution < 1.29 is 9.22 Å². The molecular weight excluding hydrogens is 422 g/mol. The van der Waals surface area contributed by atoms with E-state index in [1.54, 1.807) is 0 Å². The van der Waals surface area contributed by atoms with Gasteiger partial charge < -0.3 is 9.74 Å². The van der Waals surface area contributed by atoms with Crippen molar-refractivity contribution in [1.29, 1.82) is 0 Å². The SMILES string of the molecule is CC[C@@H](C)C(=O)NCC[C@@H](C)C[C@@H](C)CO[Si](c1ccccc1)(c1ccccc1)C(C)(C)C. The molecule has 0 saturated heterocycles. The summed E-state index contributed by atoms with van der Waals surface area (Å²) in [6.07, 6.45) is 2.99. The highest BCUT2D eigenvalue weighted by Crippen LogP contribution is 2.37. The Kier molecular flexibility index (Phi) is 10.4. The number of carbonyl (C=O) groups excluding carboxylic acids is 1. The fourth-order valence-electron chi connectivity index (χ4n) is 4.70. The molecule has 1 amide bonds. The maximum absolute atomic E-state index is 12.0. The zero-order chi connectivity index (χ0) is 24.5. The van der Waals surface area contributed by atoms with Crippen LogP contribution in [0.3, 0.4) is 0 Å². The summed E-state index contributed by atoms with van der Waals surface area (Å²) in [5, 5.41) is 5.76. The molecule has 0 saturated carbocycles. The molecule has 4 heteroatoms. The zero-order valence-electron chi connectivity index (χ0n) is 21.9. The van der Waals surface area contributed by atoms with E-state index in [4.69, 9.17) is 4.43 Å². The van der Waals surface area contributed by atoms with E-state index in [9.17, 15) is 4.79 Å². The second-order valence-corrected chi connectivity index (χ2v) is 15.1. The molecule has 182 valence electrons. The molecule has 0 fully saturated rings. The number of amides is 1. The first-order chi connectivity index (χ1) is 15.6. The van der Waals surface area contributed by atoms with Gasteiger partial charge in [-0.2, -0.15) is 0 Å². The van der Waals surface area contributed by atoms with Gasteiger partial charge in [-0.3, -0.25) is 4.79 Å². The molecular formula is C29H45NO2Si. The predicted molar refractivity (Wildman–Crippen MR) is 144 cm³/mol. The molecule has 0 aliphatic carbocycles. The van der Waals surface area contributed by atoms with Crippen LogP contribution in [-0.4, -0.2) is 27.4 Å². The van der Waals surface area contributed by atoms with Crippen LogP contribution in [0, 0.1) is 17.8 Å². The van der Waals surface area contributed by atoms with Gasteiger partial charge in [0.1, 0.15) is 0 Å². The molecule has 0 bridgehead atoms. The first-order valence-electron chi connectivity index (χ1n) is 12.6. The van der Waals surface area contributed by atoms with Crippen LogP contribution < -0.4 is 15.7 Å². The molecule has 0 heterocycles. The van der Waals surface area contributed by atoms with Crippen LogP contribution >= 0.6 is 0 Å². The van der Waals surface area contributed by atoms with Gasteiger partial charge in [-0.05, 0) is 46.5 Å². The zero-order valence-corrected chi connectivity index (χ0v) is 22.9. The molecule has 0 aliphatic rings. The van der Waals surface area contributed by atoms with Gasteiger partial charge in [-0.25, -0.2) is 0 Å². The molecule has 1 N–H and O–H groups in total. The van der Waals surface area contributed by atoms with E-state index in [0.717, 1.165) is 32.4 Å². The average molecular weight is 468 g/mol. The van der Waals surface area contributed by atoms with E-state index < -0.39 is 8.32 Å². The van der Waals surface area contributed by atoms with E-state index in [-0.39, 0.29) is 16.9 Å². The van der Waals surface area contributed by atoms with Gasteiger partial charge in [0.2, 0.25) is 5.91 Å². The normalized spacial score (nSPS) is 15.0. The van der Waals surface area contributed by atoms with E-state index in [2.05, 4.69) is 108 Å². The number of benzene rings is 2. The number of hydrogen-bond acceptors (Lipinski definition) is 2. The maximum Gasteiger partial charge on any atom is 0.261 e. The minimum Gasteiger partial charge on any atom is -0.407 e. The van der Waals surface area contributed by atoms with Gasteiger partial charge in [-0.1, -0.05) is 109 Å². The van der Waals surface area contributed by atoms with Gasteiger partial charge in [0.05, 0.1) is 0 Å². The number of hydrogen-bond donors (Lipinski definition) is 1. The minimum atomic E-state index is -2.48. The second kappa shape index (κ2) is 12.5. The second-order valence-electron chi connectivity index (χ2n) is 10.8. The Morgan fingerprint density at radius 1 is 0.909 bits per heavy atom. The van der Waals surface area contributed by atoms with Crippen molar-refractivity contribution in [2.24, 2.45) is 17.8 Å². The Hall–Kier alpha value is -1.91. The third-order valence-corrected chi connectivity index (χ3v) is 11.8. The van der Waals surface area contributed by atoms with Crippen LogP contribution in [0.1, 0.15) is 67.7 Å². The van der Waals surface area contributed by atoms with Crippen molar-refractivity contribution in [3.8, 4) is 0 Å². The lowest BCUT2D eigenvalue weighted by molar-refractivity contribution is -0.124. The fraction of sp³-hybridized carbons (Fsp3) is 0.552. The summed E-state index contributed by atoms with van der Waals surface area (Å²) in [5.41, 5.74) is 0. The standard InChI is InChI=1S/C29H45NO2Si/c1-8-25(4)28(31)30-20-19-23(2)21-24(3)22-32-33(29(5,6)7,26-15-11-9-12-16-26)27-17-13-10-14-18-27/h9-18,23-25H,8,19-22H2,1-7H3,(H,30,31)/t23-,24-,25-/m1/s1. The summed E-state index contributed by atoms with van der Waals surface area (Å²) in [5.74, 6) is 1.26. The van der Waals surface area contributed by atoms with Crippen molar-refractivity contribution in [3.63, 3.8) is 0 Å². The summed E-state index contributed by atoms with van der Waals surface area (Å²) >= 11 is 0. The van der Waals surface area contributed by atoms with E-state index >= 15 is 0 Å². The highest BCUT2D eigenvalue weighted by Gasteiger charge is 2.50. The minimum absolute atomic E-state index is 0.00128. The van der Waals surface area contributed by atoms with E-state index in [1.165, 1.54) is 10.4 Å². The lowest BCUT2D eigenvalue weighted by atomic mass is 9.95. The molecule has 0 spiro atoms. The van der Waals surface area contributed by atoms with Crippen LogP contribution in [0.15, 0.2) is 60.7 Å². The van der Waals surface area contributed by atoms with Crippen molar-refractivity contribution in [2.45, 2.75) is 72.8 Å². The third-order valence-electron chi connectivity index (χ3n) is 6.80. The van der Waals surface area contributed by atoms with Crippen molar-refractivity contribution in [2.75, 3.05) is 13.2 Å². The quantitative estimate of drug-likeness (QED) is 0.402. The lowest BCUT2D eigenvalue weighted by Crippen LogP contribution is -2.66. The summed E-state index contributed by atoms with van der Waals surface area (Å²) in [6.45, 7) is 17.1. The molecule has 0 radical (unpaired) electrons. The number of rotatable bonds is 12. The van der Waals surface area contributed by atoms with E-state index in [1.807, 2.05) is 6.92 Å². The van der Waals surface area contributed by atoms with Gasteiger partial charge in [0.25, 0.3) is 8.32 Å². The first kappa shape index (κ1) is 27.3. The molecule has 3 atom stereocenters. The van der Waals surface area contributed by atoms with Crippen molar-refractivity contribution >= 4 is 24.6 Å².